The molecule has 0 bridgehead atoms. The van der Waals surface area contributed by atoms with Gasteiger partial charge in [-0.1, -0.05) is 26.0 Å². The summed E-state index contributed by atoms with van der Waals surface area (Å²) in [6, 6.07) is 0. The number of hydrogen-bond acceptors (Lipinski definition) is 4. The van der Waals surface area contributed by atoms with E-state index in [0.717, 1.165) is 25.1 Å². The van der Waals surface area contributed by atoms with Gasteiger partial charge in [0.25, 0.3) is 0 Å². The molecule has 0 radical (unpaired) electrons. The zero-order valence-corrected chi connectivity index (χ0v) is 11.1. The van der Waals surface area contributed by atoms with Crippen molar-refractivity contribution in [1.29, 1.82) is 0 Å². The van der Waals surface area contributed by atoms with Gasteiger partial charge < -0.3 is 4.74 Å². The largest absolute Gasteiger partial charge is 0.466 e. The smallest absolute Gasteiger partial charge is 0.302 e. The molecule has 1 aromatic rings. The van der Waals surface area contributed by atoms with Crippen LogP contribution in [-0.4, -0.2) is 27.6 Å². The molecular weight excluding hydrogens is 218 g/mol. The van der Waals surface area contributed by atoms with E-state index in [1.807, 2.05) is 6.20 Å². The number of aromatic nitrogens is 3. The van der Waals surface area contributed by atoms with Crippen LogP contribution in [0.15, 0.2) is 6.20 Å². The van der Waals surface area contributed by atoms with E-state index in [1.54, 1.807) is 4.68 Å². The zero-order valence-electron chi connectivity index (χ0n) is 11.1. The van der Waals surface area contributed by atoms with E-state index in [1.165, 1.54) is 6.92 Å². The summed E-state index contributed by atoms with van der Waals surface area (Å²) < 4.78 is 6.65. The first-order valence-corrected chi connectivity index (χ1v) is 5.89. The van der Waals surface area contributed by atoms with Crippen molar-refractivity contribution >= 4 is 5.97 Å². The average Bonchev–Trinajstić information content (AvgIpc) is 2.57. The van der Waals surface area contributed by atoms with Crippen LogP contribution < -0.4 is 0 Å². The molecule has 0 aromatic carbocycles. The molecule has 0 saturated heterocycles. The number of carbonyl (C=O) groups is 1. The first-order chi connectivity index (χ1) is 7.87. The van der Waals surface area contributed by atoms with E-state index in [-0.39, 0.29) is 11.4 Å². The van der Waals surface area contributed by atoms with Crippen LogP contribution in [0.4, 0.5) is 0 Å². The normalized spacial score (nSPS) is 11.5. The Kier molecular flexibility index (Phi) is 4.66. The lowest BCUT2D eigenvalue weighted by Crippen LogP contribution is -2.09. The van der Waals surface area contributed by atoms with E-state index in [2.05, 4.69) is 31.1 Å². The molecule has 0 fully saturated rings. The van der Waals surface area contributed by atoms with E-state index in [0.29, 0.717) is 6.61 Å². The molecule has 1 rings (SSSR count). The SMILES string of the molecule is CC(=O)OCCCn1cc(CC(C)(C)C)nn1. The van der Waals surface area contributed by atoms with Gasteiger partial charge in [-0.05, 0) is 11.8 Å². The Hall–Kier alpha value is -1.39. The van der Waals surface area contributed by atoms with Crippen LogP contribution in [0.2, 0.25) is 0 Å². The standard InChI is InChI=1S/C12H21N3O2/c1-10(16)17-7-5-6-15-9-11(13-14-15)8-12(2,3)4/h9H,5-8H2,1-4H3. The summed E-state index contributed by atoms with van der Waals surface area (Å²) >= 11 is 0. The van der Waals surface area contributed by atoms with Gasteiger partial charge in [-0.3, -0.25) is 9.48 Å². The predicted octanol–water partition coefficient (Wildman–Crippen LogP) is 1.82. The van der Waals surface area contributed by atoms with Crippen molar-refractivity contribution in [2.24, 2.45) is 5.41 Å². The highest BCUT2D eigenvalue weighted by Crippen LogP contribution is 2.18. The number of carbonyl (C=O) groups excluding carboxylic acids is 1. The molecule has 0 saturated carbocycles. The number of aryl methyl sites for hydroxylation is 1. The number of rotatable bonds is 5. The molecule has 0 unspecified atom stereocenters. The quantitative estimate of drug-likeness (QED) is 0.581. The van der Waals surface area contributed by atoms with Crippen molar-refractivity contribution in [3.8, 4) is 0 Å². The zero-order chi connectivity index (χ0) is 12.9. The fraction of sp³-hybridized carbons (Fsp3) is 0.750. The second-order valence-electron chi connectivity index (χ2n) is 5.40. The Morgan fingerprint density at radius 3 is 2.76 bits per heavy atom. The Labute approximate surface area is 102 Å². The molecule has 0 aliphatic carbocycles. The van der Waals surface area contributed by atoms with Crippen LogP contribution >= 0.6 is 0 Å². The lowest BCUT2D eigenvalue weighted by Gasteiger charge is -2.15. The molecule has 0 aliphatic rings. The lowest BCUT2D eigenvalue weighted by molar-refractivity contribution is -0.141. The second kappa shape index (κ2) is 5.80. The fourth-order valence-electron chi connectivity index (χ4n) is 1.51. The van der Waals surface area contributed by atoms with E-state index >= 15 is 0 Å². The minimum absolute atomic E-state index is 0.221. The molecule has 96 valence electrons. The number of ether oxygens (including phenoxy) is 1. The van der Waals surface area contributed by atoms with Crippen LogP contribution in [0.3, 0.4) is 0 Å². The molecule has 17 heavy (non-hydrogen) atoms. The van der Waals surface area contributed by atoms with Gasteiger partial charge in [0.05, 0.1) is 12.3 Å². The maximum atomic E-state index is 10.6. The van der Waals surface area contributed by atoms with Crippen LogP contribution in [0, 0.1) is 5.41 Å². The number of nitrogens with zero attached hydrogens (tertiary/aromatic N) is 3. The summed E-state index contributed by atoms with van der Waals surface area (Å²) in [6.45, 7) is 9.09. The third kappa shape index (κ3) is 6.04. The van der Waals surface area contributed by atoms with Crippen molar-refractivity contribution in [3.05, 3.63) is 11.9 Å². The second-order valence-corrected chi connectivity index (χ2v) is 5.40. The van der Waals surface area contributed by atoms with Gasteiger partial charge in [0.15, 0.2) is 0 Å². The van der Waals surface area contributed by atoms with Crippen molar-refractivity contribution in [2.75, 3.05) is 6.61 Å². The van der Waals surface area contributed by atoms with Gasteiger partial charge in [-0.15, -0.1) is 5.10 Å². The van der Waals surface area contributed by atoms with Gasteiger partial charge >= 0.3 is 5.97 Å². The summed E-state index contributed by atoms with van der Waals surface area (Å²) in [6.07, 6.45) is 3.63. The monoisotopic (exact) mass is 239 g/mol. The Morgan fingerprint density at radius 2 is 2.18 bits per heavy atom. The van der Waals surface area contributed by atoms with Crippen molar-refractivity contribution in [3.63, 3.8) is 0 Å². The first kappa shape index (κ1) is 13.7. The summed E-state index contributed by atoms with van der Waals surface area (Å²) in [4.78, 5) is 10.6. The molecule has 0 amide bonds. The highest BCUT2D eigenvalue weighted by Gasteiger charge is 2.13. The van der Waals surface area contributed by atoms with Crippen LogP contribution in [0.1, 0.15) is 39.8 Å². The molecule has 0 atom stereocenters. The predicted molar refractivity (Wildman–Crippen MR) is 64.4 cm³/mol. The summed E-state index contributed by atoms with van der Waals surface area (Å²) in [5, 5.41) is 8.16. The molecule has 5 nitrogen and oxygen atoms in total. The van der Waals surface area contributed by atoms with Crippen molar-refractivity contribution < 1.29 is 9.53 Å². The number of hydrogen-bond donors (Lipinski definition) is 0. The lowest BCUT2D eigenvalue weighted by atomic mass is 9.91. The highest BCUT2D eigenvalue weighted by atomic mass is 16.5. The van der Waals surface area contributed by atoms with Crippen molar-refractivity contribution in [2.45, 2.75) is 47.1 Å². The van der Waals surface area contributed by atoms with Gasteiger partial charge in [-0.2, -0.15) is 0 Å². The minimum Gasteiger partial charge on any atom is -0.466 e. The maximum absolute atomic E-state index is 10.6. The van der Waals surface area contributed by atoms with Gasteiger partial charge in [0.2, 0.25) is 0 Å². The average molecular weight is 239 g/mol. The van der Waals surface area contributed by atoms with E-state index < -0.39 is 0 Å². The van der Waals surface area contributed by atoms with E-state index in [9.17, 15) is 4.79 Å². The molecular formula is C12H21N3O2. The Morgan fingerprint density at radius 1 is 1.47 bits per heavy atom. The third-order valence-electron chi connectivity index (χ3n) is 2.13. The molecule has 1 aromatic heterocycles. The molecule has 0 N–H and O–H groups in total. The maximum Gasteiger partial charge on any atom is 0.302 e. The van der Waals surface area contributed by atoms with E-state index in [4.69, 9.17) is 4.74 Å². The third-order valence-corrected chi connectivity index (χ3v) is 2.13. The molecule has 5 heteroatoms. The summed E-state index contributed by atoms with van der Waals surface area (Å²) in [5.74, 6) is -0.239. The Bertz CT molecular complexity index is 366. The topological polar surface area (TPSA) is 57.0 Å². The molecule has 0 aliphatic heterocycles. The van der Waals surface area contributed by atoms with Crippen molar-refractivity contribution in [1.82, 2.24) is 15.0 Å². The first-order valence-electron chi connectivity index (χ1n) is 5.89. The molecule has 0 spiro atoms. The summed E-state index contributed by atoms with van der Waals surface area (Å²) in [7, 11) is 0. The molecule has 1 heterocycles. The summed E-state index contributed by atoms with van der Waals surface area (Å²) in [5.41, 5.74) is 1.23. The highest BCUT2D eigenvalue weighted by molar-refractivity contribution is 5.65. The fourth-order valence-corrected chi connectivity index (χ4v) is 1.51. The van der Waals surface area contributed by atoms with Gasteiger partial charge in [0.1, 0.15) is 0 Å². The van der Waals surface area contributed by atoms with Crippen LogP contribution in [0.5, 0.6) is 0 Å². The minimum atomic E-state index is -0.239. The van der Waals surface area contributed by atoms with Crippen LogP contribution in [0.25, 0.3) is 0 Å². The van der Waals surface area contributed by atoms with Gasteiger partial charge in [0, 0.05) is 26.1 Å². The Balaban J connectivity index is 2.33. The van der Waals surface area contributed by atoms with Gasteiger partial charge in [-0.25, -0.2) is 0 Å². The van der Waals surface area contributed by atoms with Crippen LogP contribution in [-0.2, 0) is 22.5 Å². The number of esters is 1.